The third-order valence-electron chi connectivity index (χ3n) is 1.42. The van der Waals surface area contributed by atoms with Crippen LogP contribution in [0, 0.1) is 0 Å². The summed E-state index contributed by atoms with van der Waals surface area (Å²) in [5.41, 5.74) is 0. The average molecular weight is 142 g/mol. The summed E-state index contributed by atoms with van der Waals surface area (Å²) in [6.45, 7) is 2.12. The summed E-state index contributed by atoms with van der Waals surface area (Å²) in [5.74, 6) is -0.170. The summed E-state index contributed by atoms with van der Waals surface area (Å²) in [6, 6.07) is -0.380. The van der Waals surface area contributed by atoms with Crippen LogP contribution in [0.25, 0.3) is 0 Å². The Balaban J connectivity index is 2.57. The van der Waals surface area contributed by atoms with Gasteiger partial charge in [-0.3, -0.25) is 9.59 Å². The van der Waals surface area contributed by atoms with Gasteiger partial charge in [0.1, 0.15) is 6.04 Å². The van der Waals surface area contributed by atoms with E-state index < -0.39 is 0 Å². The maximum Gasteiger partial charge on any atom is 0.242 e. The maximum absolute atomic E-state index is 10.8. The molecule has 4 heteroatoms. The topological polar surface area (TPSA) is 58.2 Å². The molecule has 56 valence electrons. The first kappa shape index (κ1) is 7.05. The second-order valence-corrected chi connectivity index (χ2v) is 2.33. The first-order valence-corrected chi connectivity index (χ1v) is 3.27. The van der Waals surface area contributed by atoms with E-state index in [1.54, 1.807) is 6.92 Å². The second kappa shape index (κ2) is 2.68. The van der Waals surface area contributed by atoms with E-state index >= 15 is 0 Å². The lowest BCUT2D eigenvalue weighted by Gasteiger charge is -2.06. The Labute approximate surface area is 59.0 Å². The standard InChI is InChI=1S/C6H10N2O2/c1-4-6(10)7-3-2-5(9)8-4/h4H,2-3H2,1H3,(H,7,10)(H,8,9). The molecule has 0 saturated carbocycles. The van der Waals surface area contributed by atoms with Gasteiger partial charge >= 0.3 is 0 Å². The Bertz CT molecular complexity index is 167. The number of carbonyl (C=O) groups is 2. The first-order chi connectivity index (χ1) is 4.70. The number of rotatable bonds is 0. The summed E-state index contributed by atoms with van der Waals surface area (Å²) >= 11 is 0. The van der Waals surface area contributed by atoms with E-state index in [0.29, 0.717) is 13.0 Å². The van der Waals surface area contributed by atoms with Gasteiger partial charge in [-0.1, -0.05) is 0 Å². The predicted molar refractivity (Wildman–Crippen MR) is 35.2 cm³/mol. The van der Waals surface area contributed by atoms with Crippen LogP contribution in [0.2, 0.25) is 0 Å². The minimum atomic E-state index is -0.380. The molecule has 1 aliphatic rings. The minimum Gasteiger partial charge on any atom is -0.354 e. The molecule has 0 radical (unpaired) electrons. The number of nitrogens with one attached hydrogen (secondary N) is 2. The van der Waals surface area contributed by atoms with E-state index in [4.69, 9.17) is 0 Å². The Kier molecular flexibility index (Phi) is 1.89. The number of carbonyl (C=O) groups excluding carboxylic acids is 2. The Morgan fingerprint density at radius 2 is 2.20 bits per heavy atom. The molecular weight excluding hydrogens is 132 g/mol. The van der Waals surface area contributed by atoms with Gasteiger partial charge in [0.15, 0.2) is 0 Å². The van der Waals surface area contributed by atoms with Crippen LogP contribution in [-0.2, 0) is 9.59 Å². The molecule has 1 atom stereocenters. The van der Waals surface area contributed by atoms with Crippen molar-refractivity contribution in [3.8, 4) is 0 Å². The summed E-state index contributed by atoms with van der Waals surface area (Å²) in [4.78, 5) is 21.6. The van der Waals surface area contributed by atoms with Gasteiger partial charge in [-0.2, -0.15) is 0 Å². The van der Waals surface area contributed by atoms with E-state index in [9.17, 15) is 9.59 Å². The van der Waals surface area contributed by atoms with Crippen molar-refractivity contribution in [2.75, 3.05) is 6.54 Å². The lowest BCUT2D eigenvalue weighted by molar-refractivity contribution is -0.126. The van der Waals surface area contributed by atoms with Gasteiger partial charge in [0, 0.05) is 13.0 Å². The summed E-state index contributed by atoms with van der Waals surface area (Å²) in [7, 11) is 0. The van der Waals surface area contributed by atoms with Crippen molar-refractivity contribution in [3.05, 3.63) is 0 Å². The predicted octanol–water partition coefficient (Wildman–Crippen LogP) is -0.989. The fraction of sp³-hybridized carbons (Fsp3) is 0.667. The molecule has 0 aromatic heterocycles. The highest BCUT2D eigenvalue weighted by Crippen LogP contribution is 1.89. The van der Waals surface area contributed by atoms with E-state index in [0.717, 1.165) is 0 Å². The molecule has 1 unspecified atom stereocenters. The molecule has 0 spiro atoms. The molecule has 1 fully saturated rings. The molecule has 0 aromatic rings. The highest BCUT2D eigenvalue weighted by molar-refractivity contribution is 5.89. The van der Waals surface area contributed by atoms with Crippen molar-refractivity contribution in [2.45, 2.75) is 19.4 Å². The van der Waals surface area contributed by atoms with Gasteiger partial charge in [0.2, 0.25) is 11.8 Å². The third kappa shape index (κ3) is 1.46. The largest absolute Gasteiger partial charge is 0.354 e. The normalized spacial score (nSPS) is 26.7. The summed E-state index contributed by atoms with van der Waals surface area (Å²) in [5, 5.41) is 5.14. The lowest BCUT2D eigenvalue weighted by Crippen LogP contribution is -2.40. The lowest BCUT2D eigenvalue weighted by atomic mass is 10.3. The van der Waals surface area contributed by atoms with Crippen LogP contribution in [0.4, 0.5) is 0 Å². The van der Waals surface area contributed by atoms with Gasteiger partial charge < -0.3 is 10.6 Å². The molecule has 0 bridgehead atoms. The van der Waals surface area contributed by atoms with Crippen LogP contribution in [0.15, 0.2) is 0 Å². The molecule has 2 N–H and O–H groups in total. The highest BCUT2D eigenvalue weighted by Gasteiger charge is 2.18. The van der Waals surface area contributed by atoms with Gasteiger partial charge in [0.25, 0.3) is 0 Å². The van der Waals surface area contributed by atoms with Crippen LogP contribution in [0.1, 0.15) is 13.3 Å². The van der Waals surface area contributed by atoms with Gasteiger partial charge in [-0.15, -0.1) is 0 Å². The molecule has 4 nitrogen and oxygen atoms in total. The van der Waals surface area contributed by atoms with E-state index in [-0.39, 0.29) is 17.9 Å². The maximum atomic E-state index is 10.8. The SMILES string of the molecule is CC1NC(=O)CCNC1=O. The molecular formula is C6H10N2O2. The van der Waals surface area contributed by atoms with E-state index in [1.807, 2.05) is 0 Å². The van der Waals surface area contributed by atoms with Crippen LogP contribution in [0.5, 0.6) is 0 Å². The Morgan fingerprint density at radius 1 is 1.50 bits per heavy atom. The zero-order valence-corrected chi connectivity index (χ0v) is 5.81. The number of hydrogen-bond acceptors (Lipinski definition) is 2. The third-order valence-corrected chi connectivity index (χ3v) is 1.42. The van der Waals surface area contributed by atoms with E-state index in [1.165, 1.54) is 0 Å². The average Bonchev–Trinajstić information content (AvgIpc) is 1.96. The van der Waals surface area contributed by atoms with Crippen LogP contribution >= 0.6 is 0 Å². The van der Waals surface area contributed by atoms with Crippen LogP contribution in [-0.4, -0.2) is 24.4 Å². The molecule has 2 amide bonds. The van der Waals surface area contributed by atoms with Crippen LogP contribution in [0.3, 0.4) is 0 Å². The van der Waals surface area contributed by atoms with E-state index in [2.05, 4.69) is 10.6 Å². The Morgan fingerprint density at radius 3 is 2.90 bits per heavy atom. The highest BCUT2D eigenvalue weighted by atomic mass is 16.2. The first-order valence-electron chi connectivity index (χ1n) is 3.27. The van der Waals surface area contributed by atoms with Crippen molar-refractivity contribution < 1.29 is 9.59 Å². The van der Waals surface area contributed by atoms with Crippen molar-refractivity contribution in [1.29, 1.82) is 0 Å². The molecule has 1 heterocycles. The summed E-state index contributed by atoms with van der Waals surface area (Å²) < 4.78 is 0. The zero-order valence-electron chi connectivity index (χ0n) is 5.81. The van der Waals surface area contributed by atoms with Gasteiger partial charge in [0.05, 0.1) is 0 Å². The fourth-order valence-corrected chi connectivity index (χ4v) is 0.832. The quantitative estimate of drug-likeness (QED) is 0.456. The zero-order chi connectivity index (χ0) is 7.56. The fourth-order valence-electron chi connectivity index (χ4n) is 0.832. The van der Waals surface area contributed by atoms with Gasteiger partial charge in [-0.05, 0) is 6.92 Å². The minimum absolute atomic E-state index is 0.0640. The van der Waals surface area contributed by atoms with Crippen molar-refractivity contribution in [1.82, 2.24) is 10.6 Å². The molecule has 1 rings (SSSR count). The number of amides is 2. The molecule has 1 aliphatic heterocycles. The monoisotopic (exact) mass is 142 g/mol. The van der Waals surface area contributed by atoms with Gasteiger partial charge in [-0.25, -0.2) is 0 Å². The number of hydrogen-bond donors (Lipinski definition) is 2. The molecule has 10 heavy (non-hydrogen) atoms. The van der Waals surface area contributed by atoms with Crippen LogP contribution < -0.4 is 10.6 Å². The molecule has 0 aromatic carbocycles. The van der Waals surface area contributed by atoms with Crippen molar-refractivity contribution in [3.63, 3.8) is 0 Å². The molecule has 0 aliphatic carbocycles. The van der Waals surface area contributed by atoms with Crippen molar-refractivity contribution >= 4 is 11.8 Å². The molecule has 1 saturated heterocycles. The smallest absolute Gasteiger partial charge is 0.242 e. The summed E-state index contributed by atoms with van der Waals surface area (Å²) in [6.07, 6.45) is 0.385. The Hall–Kier alpha value is -1.06. The van der Waals surface area contributed by atoms with Crippen molar-refractivity contribution in [2.24, 2.45) is 0 Å². The second-order valence-electron chi connectivity index (χ2n) is 2.33.